The van der Waals surface area contributed by atoms with Gasteiger partial charge in [-0.15, -0.1) is 0 Å². The molecule has 1 aliphatic heterocycles. The van der Waals surface area contributed by atoms with Crippen LogP contribution in [-0.4, -0.2) is 58.6 Å². The number of benzene rings is 1. The summed E-state index contributed by atoms with van der Waals surface area (Å²) in [7, 11) is 0. The molecule has 1 aliphatic rings. The van der Waals surface area contributed by atoms with Gasteiger partial charge in [-0.2, -0.15) is 13.2 Å². The van der Waals surface area contributed by atoms with E-state index < -0.39 is 23.9 Å². The topological polar surface area (TPSA) is 114 Å². The lowest BCUT2D eigenvalue weighted by molar-refractivity contribution is -0.141. The number of pyridine rings is 2. The maximum atomic E-state index is 13.0. The van der Waals surface area contributed by atoms with Crippen molar-refractivity contribution in [2.75, 3.05) is 31.7 Å². The Labute approximate surface area is 211 Å². The second-order valence-corrected chi connectivity index (χ2v) is 8.64. The van der Waals surface area contributed by atoms with Gasteiger partial charge in [0, 0.05) is 36.0 Å². The molecule has 1 fully saturated rings. The fourth-order valence-corrected chi connectivity index (χ4v) is 4.10. The normalized spacial score (nSPS) is 17.9. The van der Waals surface area contributed by atoms with E-state index in [2.05, 4.69) is 15.3 Å². The van der Waals surface area contributed by atoms with Crippen molar-refractivity contribution in [3.63, 3.8) is 0 Å². The van der Waals surface area contributed by atoms with Crippen molar-refractivity contribution in [1.82, 2.24) is 9.97 Å². The fraction of sp³-hybridized carbons (Fsp3) is 0.346. The molecule has 0 spiro atoms. The van der Waals surface area contributed by atoms with Gasteiger partial charge < -0.3 is 25.0 Å². The van der Waals surface area contributed by atoms with Crippen LogP contribution in [0.2, 0.25) is 0 Å². The van der Waals surface area contributed by atoms with Crippen LogP contribution in [0.3, 0.4) is 0 Å². The average Bonchev–Trinajstić information content (AvgIpc) is 2.88. The monoisotopic (exact) mass is 517 g/mol. The maximum Gasteiger partial charge on any atom is 0.433 e. The number of hydrogen-bond acceptors (Lipinski definition) is 7. The number of ether oxygens (including phenoxy) is 2. The minimum Gasteiger partial charge on any atom is -0.475 e. The third-order valence-electron chi connectivity index (χ3n) is 5.99. The van der Waals surface area contributed by atoms with Crippen LogP contribution in [0, 0.1) is 6.92 Å². The van der Waals surface area contributed by atoms with Crippen molar-refractivity contribution in [2.45, 2.75) is 31.5 Å². The molecule has 3 aromatic rings. The second-order valence-electron chi connectivity index (χ2n) is 8.64. The summed E-state index contributed by atoms with van der Waals surface area (Å²) in [4.78, 5) is 20.5. The van der Waals surface area contributed by atoms with E-state index in [1.165, 1.54) is 6.07 Å². The van der Waals surface area contributed by atoms with Gasteiger partial charge in [0.05, 0.1) is 25.0 Å². The first kappa shape index (κ1) is 26.5. The van der Waals surface area contributed by atoms with Crippen LogP contribution in [0.1, 0.15) is 39.6 Å². The Hall–Kier alpha value is -3.54. The number of aromatic nitrogens is 2. The van der Waals surface area contributed by atoms with Crippen molar-refractivity contribution in [3.8, 4) is 17.0 Å². The van der Waals surface area contributed by atoms with E-state index in [0.29, 0.717) is 36.0 Å². The van der Waals surface area contributed by atoms with Gasteiger partial charge in [0.25, 0.3) is 5.91 Å². The summed E-state index contributed by atoms with van der Waals surface area (Å²) in [5.74, 6) is -0.719. The molecule has 0 aliphatic carbocycles. The highest BCUT2D eigenvalue weighted by Gasteiger charge is 2.33. The minimum atomic E-state index is -4.67. The van der Waals surface area contributed by atoms with Crippen LogP contribution in [0.15, 0.2) is 48.7 Å². The molecule has 2 aromatic heterocycles. The molecule has 37 heavy (non-hydrogen) atoms. The predicted octanol–water partition coefficient (Wildman–Crippen LogP) is 3.96. The standard InChI is InChI=1S/C26H26F3N3O5/c1-15-2-3-18(31-25(35)16-4-6-30-23(11-16)26(27,28)29)13-20(15)17-10-21(19-5-8-36-14-22(19)34)32-24(12-17)37-9-7-33/h2-4,6,10-13,19,22,33-34H,5,7-9,14H2,1H3,(H,31,35). The fourth-order valence-electron chi connectivity index (χ4n) is 4.10. The maximum absolute atomic E-state index is 13.0. The number of alkyl halides is 3. The van der Waals surface area contributed by atoms with Gasteiger partial charge in [0.2, 0.25) is 5.88 Å². The molecule has 4 rings (SSSR count). The smallest absolute Gasteiger partial charge is 0.433 e. The molecular weight excluding hydrogens is 491 g/mol. The molecule has 3 heterocycles. The average molecular weight is 518 g/mol. The largest absolute Gasteiger partial charge is 0.475 e. The van der Waals surface area contributed by atoms with Gasteiger partial charge in [-0.05, 0) is 60.4 Å². The molecule has 2 unspecified atom stereocenters. The summed E-state index contributed by atoms with van der Waals surface area (Å²) in [5, 5.41) is 22.3. The van der Waals surface area contributed by atoms with Gasteiger partial charge in [-0.1, -0.05) is 6.07 Å². The number of aliphatic hydroxyl groups excluding tert-OH is 2. The number of nitrogens with zero attached hydrogens (tertiary/aromatic N) is 2. The van der Waals surface area contributed by atoms with Gasteiger partial charge in [-0.25, -0.2) is 4.98 Å². The van der Waals surface area contributed by atoms with E-state index in [1.54, 1.807) is 24.3 Å². The molecule has 0 saturated carbocycles. The molecule has 1 saturated heterocycles. The number of hydrogen-bond donors (Lipinski definition) is 3. The zero-order valence-corrected chi connectivity index (χ0v) is 20.0. The number of amides is 1. The Kier molecular flexibility index (Phi) is 8.06. The molecule has 196 valence electrons. The van der Waals surface area contributed by atoms with Gasteiger partial charge in [-0.3, -0.25) is 9.78 Å². The van der Waals surface area contributed by atoms with Gasteiger partial charge >= 0.3 is 6.18 Å². The Morgan fingerprint density at radius 2 is 2.03 bits per heavy atom. The molecule has 1 aromatic carbocycles. The van der Waals surface area contributed by atoms with Crippen LogP contribution in [0.4, 0.5) is 18.9 Å². The lowest BCUT2D eigenvalue weighted by Crippen LogP contribution is -2.31. The predicted molar refractivity (Wildman–Crippen MR) is 128 cm³/mol. The second kappa shape index (κ2) is 11.2. The molecular formula is C26H26F3N3O5. The van der Waals surface area contributed by atoms with Crippen molar-refractivity contribution in [2.24, 2.45) is 0 Å². The van der Waals surface area contributed by atoms with Crippen molar-refractivity contribution in [3.05, 3.63) is 71.2 Å². The van der Waals surface area contributed by atoms with Crippen LogP contribution >= 0.6 is 0 Å². The molecule has 11 heteroatoms. The van der Waals surface area contributed by atoms with E-state index in [4.69, 9.17) is 9.47 Å². The number of anilines is 1. The van der Waals surface area contributed by atoms with E-state index in [-0.39, 0.29) is 37.2 Å². The van der Waals surface area contributed by atoms with Gasteiger partial charge in [0.1, 0.15) is 12.3 Å². The quantitative estimate of drug-likeness (QED) is 0.435. The third-order valence-corrected chi connectivity index (χ3v) is 5.99. The lowest BCUT2D eigenvalue weighted by atomic mass is 9.91. The summed E-state index contributed by atoms with van der Waals surface area (Å²) in [5.41, 5.74) is 1.93. The highest BCUT2D eigenvalue weighted by molar-refractivity contribution is 6.04. The van der Waals surface area contributed by atoms with Crippen molar-refractivity contribution >= 4 is 11.6 Å². The number of aryl methyl sites for hydroxylation is 1. The molecule has 8 nitrogen and oxygen atoms in total. The zero-order valence-electron chi connectivity index (χ0n) is 20.0. The molecule has 0 radical (unpaired) electrons. The lowest BCUT2D eigenvalue weighted by Gasteiger charge is -2.28. The molecule has 2 atom stereocenters. The van der Waals surface area contributed by atoms with E-state index >= 15 is 0 Å². The molecule has 0 bridgehead atoms. The summed E-state index contributed by atoms with van der Waals surface area (Å²) in [6.07, 6.45) is -3.90. The van der Waals surface area contributed by atoms with E-state index in [9.17, 15) is 28.2 Å². The Balaban J connectivity index is 1.66. The number of carbonyl (C=O) groups excluding carboxylic acids is 1. The Morgan fingerprint density at radius 1 is 1.22 bits per heavy atom. The first-order chi connectivity index (χ1) is 17.7. The van der Waals surface area contributed by atoms with Crippen LogP contribution in [-0.2, 0) is 10.9 Å². The molecule has 1 amide bonds. The summed E-state index contributed by atoms with van der Waals surface area (Å²) < 4.78 is 49.9. The first-order valence-electron chi connectivity index (χ1n) is 11.6. The number of nitrogens with one attached hydrogen (secondary N) is 1. The highest BCUT2D eigenvalue weighted by Crippen LogP contribution is 2.34. The third kappa shape index (κ3) is 6.43. The van der Waals surface area contributed by atoms with Crippen molar-refractivity contribution in [1.29, 1.82) is 0 Å². The SMILES string of the molecule is Cc1ccc(NC(=O)c2ccnc(C(F)(F)F)c2)cc1-c1cc(OCCO)nc(C2CCOCC2O)c1. The van der Waals surface area contributed by atoms with Crippen LogP contribution in [0.25, 0.3) is 11.1 Å². The summed E-state index contributed by atoms with van der Waals surface area (Å²) in [6, 6.07) is 10.6. The van der Waals surface area contributed by atoms with E-state index in [0.717, 1.165) is 17.3 Å². The number of halogens is 3. The van der Waals surface area contributed by atoms with Crippen LogP contribution in [0.5, 0.6) is 5.88 Å². The Bertz CT molecular complexity index is 1270. The zero-order chi connectivity index (χ0) is 26.6. The summed E-state index contributed by atoms with van der Waals surface area (Å²) >= 11 is 0. The summed E-state index contributed by atoms with van der Waals surface area (Å²) in [6.45, 7) is 2.37. The molecule has 3 N–H and O–H groups in total. The number of carbonyl (C=O) groups is 1. The minimum absolute atomic E-state index is 0.0349. The number of aliphatic hydroxyl groups is 2. The van der Waals surface area contributed by atoms with Crippen molar-refractivity contribution < 1.29 is 37.7 Å². The highest BCUT2D eigenvalue weighted by atomic mass is 19.4. The number of rotatable bonds is 7. The van der Waals surface area contributed by atoms with Gasteiger partial charge in [0.15, 0.2) is 0 Å². The van der Waals surface area contributed by atoms with Crippen LogP contribution < -0.4 is 10.1 Å². The Morgan fingerprint density at radius 3 is 2.76 bits per heavy atom. The van der Waals surface area contributed by atoms with E-state index in [1.807, 2.05) is 13.0 Å². The first-order valence-corrected chi connectivity index (χ1v) is 11.6.